The van der Waals surface area contributed by atoms with E-state index in [0.717, 1.165) is 71.0 Å². The number of hydrogen-bond donors (Lipinski definition) is 3. The predicted octanol–water partition coefficient (Wildman–Crippen LogP) is 3.58. The fraction of sp³-hybridized carbons (Fsp3) is 0.720. The number of rotatable bonds is 12. The third-order valence-electron chi connectivity index (χ3n) is 5.99. The summed E-state index contributed by atoms with van der Waals surface area (Å²) in [5.74, 6) is 1.97. The Balaban J connectivity index is 0.00000512. The van der Waals surface area contributed by atoms with Crippen LogP contribution in [-0.2, 0) is 0 Å². The van der Waals surface area contributed by atoms with Gasteiger partial charge in [-0.25, -0.2) is 0 Å². The number of halogens is 1. The molecule has 184 valence electrons. The third-order valence-corrected chi connectivity index (χ3v) is 5.99. The Labute approximate surface area is 213 Å². The number of hydrogen-bond acceptors (Lipinski definition) is 4. The van der Waals surface area contributed by atoms with Crippen LogP contribution in [0.2, 0.25) is 0 Å². The minimum Gasteiger partial charge on any atom is -0.396 e. The van der Waals surface area contributed by atoms with E-state index in [2.05, 4.69) is 78.6 Å². The van der Waals surface area contributed by atoms with Gasteiger partial charge in [0, 0.05) is 58.5 Å². The maximum Gasteiger partial charge on any atom is 0.191 e. The highest BCUT2D eigenvalue weighted by Gasteiger charge is 2.25. The highest BCUT2D eigenvalue weighted by molar-refractivity contribution is 14.0. The average molecular weight is 560 g/mol. The standard InChI is InChI=1S/C25H45N5O.HI/c1-5-26-25(28-19-22(12-17-31)18-21(2)3)27-13-9-14-30-16-15-29(4)20-24(30)23-10-7-6-8-11-23;/h6-8,10-11,21-22,24,31H,5,9,12-20H2,1-4H3,(H2,26,27,28);1H. The average Bonchev–Trinajstić information content (AvgIpc) is 2.76. The molecule has 0 radical (unpaired) electrons. The third kappa shape index (κ3) is 10.8. The van der Waals surface area contributed by atoms with Crippen LogP contribution in [0.25, 0.3) is 0 Å². The van der Waals surface area contributed by atoms with Crippen molar-refractivity contribution in [3.05, 3.63) is 35.9 Å². The highest BCUT2D eigenvalue weighted by atomic mass is 127. The van der Waals surface area contributed by atoms with Gasteiger partial charge in [0.25, 0.3) is 0 Å². The topological polar surface area (TPSA) is 63.1 Å². The van der Waals surface area contributed by atoms with Crippen molar-refractivity contribution in [2.24, 2.45) is 16.8 Å². The number of guanidine groups is 1. The number of aliphatic hydroxyl groups excluding tert-OH is 1. The van der Waals surface area contributed by atoms with Crippen molar-refractivity contribution in [3.8, 4) is 0 Å². The summed E-state index contributed by atoms with van der Waals surface area (Å²) in [5.41, 5.74) is 1.41. The SMILES string of the molecule is CCNC(=NCC(CCO)CC(C)C)NCCCN1CCN(C)CC1c1ccccc1.I. The Bertz CT molecular complexity index is 628. The number of aliphatic imine (C=N–C) groups is 1. The second kappa shape index (κ2) is 16.7. The number of nitrogens with one attached hydrogen (secondary N) is 2. The van der Waals surface area contributed by atoms with Crippen molar-refractivity contribution in [2.75, 3.05) is 59.5 Å². The first-order valence-corrected chi connectivity index (χ1v) is 12.1. The van der Waals surface area contributed by atoms with Crippen LogP contribution >= 0.6 is 24.0 Å². The Morgan fingerprint density at radius 2 is 1.94 bits per heavy atom. The lowest BCUT2D eigenvalue weighted by Gasteiger charge is -2.40. The molecule has 2 unspecified atom stereocenters. The van der Waals surface area contributed by atoms with E-state index < -0.39 is 0 Å². The molecular formula is C25H46IN5O. The monoisotopic (exact) mass is 559 g/mol. The minimum absolute atomic E-state index is 0. The molecule has 32 heavy (non-hydrogen) atoms. The van der Waals surface area contributed by atoms with Gasteiger partial charge in [0.1, 0.15) is 0 Å². The van der Waals surface area contributed by atoms with Gasteiger partial charge in [-0.15, -0.1) is 24.0 Å². The summed E-state index contributed by atoms with van der Waals surface area (Å²) in [6.07, 6.45) is 3.02. The number of aliphatic hydroxyl groups is 1. The van der Waals surface area contributed by atoms with Crippen molar-refractivity contribution >= 4 is 29.9 Å². The summed E-state index contributed by atoms with van der Waals surface area (Å²) >= 11 is 0. The van der Waals surface area contributed by atoms with Crippen molar-refractivity contribution < 1.29 is 5.11 Å². The van der Waals surface area contributed by atoms with E-state index in [1.165, 1.54) is 5.56 Å². The van der Waals surface area contributed by atoms with E-state index in [-0.39, 0.29) is 30.6 Å². The Hall–Kier alpha value is -0.900. The normalized spacial score (nSPS) is 18.9. The summed E-state index contributed by atoms with van der Waals surface area (Å²) in [4.78, 5) is 9.86. The molecule has 0 spiro atoms. The molecule has 1 aromatic carbocycles. The van der Waals surface area contributed by atoms with Crippen LogP contribution in [0.15, 0.2) is 35.3 Å². The van der Waals surface area contributed by atoms with Gasteiger partial charge >= 0.3 is 0 Å². The maximum atomic E-state index is 9.35. The number of nitrogens with zero attached hydrogens (tertiary/aromatic N) is 3. The van der Waals surface area contributed by atoms with Crippen LogP contribution in [0.3, 0.4) is 0 Å². The van der Waals surface area contributed by atoms with Gasteiger partial charge in [-0.1, -0.05) is 44.2 Å². The molecule has 1 aliphatic rings. The van der Waals surface area contributed by atoms with Gasteiger partial charge in [0.2, 0.25) is 0 Å². The van der Waals surface area contributed by atoms with E-state index in [1.807, 2.05) is 0 Å². The second-order valence-corrected chi connectivity index (χ2v) is 9.23. The maximum absolute atomic E-state index is 9.35. The van der Waals surface area contributed by atoms with Crippen molar-refractivity contribution in [3.63, 3.8) is 0 Å². The number of piperazine rings is 1. The summed E-state index contributed by atoms with van der Waals surface area (Å²) in [6.45, 7) is 13.8. The molecular weight excluding hydrogens is 513 g/mol. The molecule has 1 saturated heterocycles. The second-order valence-electron chi connectivity index (χ2n) is 9.23. The quantitative estimate of drug-likeness (QED) is 0.158. The van der Waals surface area contributed by atoms with Crippen LogP contribution in [0, 0.1) is 11.8 Å². The Kier molecular flexibility index (Phi) is 15.2. The molecule has 3 N–H and O–H groups in total. The Morgan fingerprint density at radius 1 is 1.19 bits per heavy atom. The molecule has 1 aromatic rings. The molecule has 0 aromatic heterocycles. The van der Waals surface area contributed by atoms with E-state index in [1.54, 1.807) is 0 Å². The molecule has 6 nitrogen and oxygen atoms in total. The Morgan fingerprint density at radius 3 is 2.59 bits per heavy atom. The van der Waals surface area contributed by atoms with Gasteiger partial charge in [0.05, 0.1) is 0 Å². The lowest BCUT2D eigenvalue weighted by Crippen LogP contribution is -2.47. The molecule has 7 heteroatoms. The molecule has 0 bridgehead atoms. The molecule has 2 atom stereocenters. The number of benzene rings is 1. The van der Waals surface area contributed by atoms with Crippen molar-refractivity contribution in [2.45, 2.75) is 46.1 Å². The summed E-state index contributed by atoms with van der Waals surface area (Å²) in [7, 11) is 2.22. The lowest BCUT2D eigenvalue weighted by molar-refractivity contribution is 0.0891. The smallest absolute Gasteiger partial charge is 0.191 e. The fourth-order valence-corrected chi connectivity index (χ4v) is 4.40. The van der Waals surface area contributed by atoms with E-state index in [9.17, 15) is 5.11 Å². The first-order valence-electron chi connectivity index (χ1n) is 12.1. The molecule has 0 amide bonds. The van der Waals surface area contributed by atoms with Gasteiger partial charge in [-0.3, -0.25) is 9.89 Å². The summed E-state index contributed by atoms with van der Waals surface area (Å²) in [6, 6.07) is 11.4. The van der Waals surface area contributed by atoms with Crippen LogP contribution in [0.5, 0.6) is 0 Å². The first kappa shape index (κ1) is 29.1. The molecule has 0 saturated carbocycles. The largest absolute Gasteiger partial charge is 0.396 e. The first-order chi connectivity index (χ1) is 15.0. The predicted molar refractivity (Wildman–Crippen MR) is 147 cm³/mol. The molecule has 0 aliphatic carbocycles. The van der Waals surface area contributed by atoms with Crippen LogP contribution < -0.4 is 10.6 Å². The van der Waals surface area contributed by atoms with Gasteiger partial charge in [-0.05, 0) is 50.6 Å². The van der Waals surface area contributed by atoms with Crippen LogP contribution in [-0.4, -0.2) is 80.3 Å². The lowest BCUT2D eigenvalue weighted by atomic mass is 9.94. The van der Waals surface area contributed by atoms with E-state index >= 15 is 0 Å². The fourth-order valence-electron chi connectivity index (χ4n) is 4.40. The minimum atomic E-state index is 0. The highest BCUT2D eigenvalue weighted by Crippen LogP contribution is 2.24. The molecule has 1 aliphatic heterocycles. The zero-order valence-electron chi connectivity index (χ0n) is 20.6. The van der Waals surface area contributed by atoms with Crippen molar-refractivity contribution in [1.82, 2.24) is 20.4 Å². The summed E-state index contributed by atoms with van der Waals surface area (Å²) < 4.78 is 0. The van der Waals surface area contributed by atoms with Crippen LogP contribution in [0.4, 0.5) is 0 Å². The summed E-state index contributed by atoms with van der Waals surface area (Å²) in [5, 5.41) is 16.2. The van der Waals surface area contributed by atoms with Crippen molar-refractivity contribution in [1.29, 1.82) is 0 Å². The van der Waals surface area contributed by atoms with Gasteiger partial charge in [-0.2, -0.15) is 0 Å². The zero-order valence-corrected chi connectivity index (χ0v) is 22.9. The van der Waals surface area contributed by atoms with Gasteiger partial charge in [0.15, 0.2) is 5.96 Å². The molecule has 1 heterocycles. The van der Waals surface area contributed by atoms with E-state index in [4.69, 9.17) is 4.99 Å². The zero-order chi connectivity index (χ0) is 22.5. The van der Waals surface area contributed by atoms with Gasteiger partial charge < -0.3 is 20.6 Å². The van der Waals surface area contributed by atoms with Crippen LogP contribution in [0.1, 0.15) is 51.6 Å². The van der Waals surface area contributed by atoms with E-state index in [0.29, 0.717) is 17.9 Å². The number of likely N-dealkylation sites (N-methyl/N-ethyl adjacent to an activating group) is 1. The molecule has 1 fully saturated rings. The molecule has 2 rings (SSSR count).